The molecule has 3 atom stereocenters. The lowest BCUT2D eigenvalue weighted by Crippen LogP contribution is -2.56. The Kier molecular flexibility index (Phi) is 11.3. The van der Waals surface area contributed by atoms with Crippen molar-refractivity contribution in [3.63, 3.8) is 0 Å². The molecule has 1 aromatic carbocycles. The molecule has 2 saturated heterocycles. The molecule has 0 aromatic heterocycles. The van der Waals surface area contributed by atoms with Crippen LogP contribution in [-0.4, -0.2) is 68.1 Å². The second-order valence-electron chi connectivity index (χ2n) is 8.34. The van der Waals surface area contributed by atoms with Crippen LogP contribution in [0.1, 0.15) is 57.1 Å². The van der Waals surface area contributed by atoms with Crippen LogP contribution in [-0.2, 0) is 27.2 Å². The van der Waals surface area contributed by atoms with Crippen LogP contribution >= 0.6 is 0 Å². The predicted molar refractivity (Wildman–Crippen MR) is 131 cm³/mol. The van der Waals surface area contributed by atoms with Crippen molar-refractivity contribution in [3.8, 4) is 0 Å². The fourth-order valence-electron chi connectivity index (χ4n) is 4.66. The van der Waals surface area contributed by atoms with Gasteiger partial charge >= 0.3 is 0 Å². The Morgan fingerprint density at radius 2 is 1.67 bits per heavy atom. The van der Waals surface area contributed by atoms with Crippen LogP contribution in [0.15, 0.2) is 24.3 Å². The van der Waals surface area contributed by atoms with Gasteiger partial charge in [0.05, 0.1) is 12.7 Å². The third-order valence-electron chi connectivity index (χ3n) is 6.23. The lowest BCUT2D eigenvalue weighted by Gasteiger charge is -2.30. The summed E-state index contributed by atoms with van der Waals surface area (Å²) in [5.74, 6) is -0.555. The molecule has 33 heavy (non-hydrogen) atoms. The number of fused-ring (bicyclic) bond motifs is 2. The van der Waals surface area contributed by atoms with Crippen LogP contribution in [0.3, 0.4) is 0 Å². The van der Waals surface area contributed by atoms with Gasteiger partial charge in [-0.3, -0.25) is 19.7 Å². The van der Waals surface area contributed by atoms with Crippen LogP contribution < -0.4 is 21.3 Å². The molecule has 8 heteroatoms. The van der Waals surface area contributed by atoms with Gasteiger partial charge in [-0.15, -0.1) is 0 Å². The fraction of sp³-hybridized carbons (Fsp3) is 0.640. The average molecular weight is 460 g/mol. The van der Waals surface area contributed by atoms with Gasteiger partial charge in [0.25, 0.3) is 0 Å². The van der Waals surface area contributed by atoms with Crippen molar-refractivity contribution >= 4 is 17.7 Å². The highest BCUT2D eigenvalue weighted by molar-refractivity contribution is 5.93. The average Bonchev–Trinajstić information content (AvgIpc) is 3.22. The van der Waals surface area contributed by atoms with Crippen molar-refractivity contribution in [1.82, 2.24) is 26.2 Å². The molecule has 0 radical (unpaired) electrons. The van der Waals surface area contributed by atoms with E-state index in [4.69, 9.17) is 0 Å². The molecular formula is C25H41N5O3. The zero-order valence-corrected chi connectivity index (χ0v) is 20.6. The molecule has 1 aromatic rings. The van der Waals surface area contributed by atoms with Crippen molar-refractivity contribution < 1.29 is 14.4 Å². The van der Waals surface area contributed by atoms with E-state index in [0.29, 0.717) is 19.4 Å². The molecule has 0 bridgehead atoms. The van der Waals surface area contributed by atoms with E-state index in [0.717, 1.165) is 6.42 Å². The first-order chi connectivity index (χ1) is 16.0. The molecule has 3 amide bonds. The summed E-state index contributed by atoms with van der Waals surface area (Å²) in [5, 5.41) is 11.4. The summed E-state index contributed by atoms with van der Waals surface area (Å²) in [4.78, 5) is 37.9. The van der Waals surface area contributed by atoms with E-state index in [9.17, 15) is 14.4 Å². The molecule has 4 N–H and O–H groups in total. The standard InChI is InChI=1S/C13H23N5O3.C10H12.C2H6/c1-14-7-11(19)17-8-5-6-16-10-4-3-9(12(20)15-2)18(10)13(8)21;1-2-6-10-8-4-3-7-9(10)5-1;1-2/h8-10,14,16H,3-7H2,1-2H3,(H,15,20)(H,17,19);1-2,5-6H,3-4,7-8H2;1-2H3. The summed E-state index contributed by atoms with van der Waals surface area (Å²) >= 11 is 0. The van der Waals surface area contributed by atoms with Gasteiger partial charge in [-0.25, -0.2) is 0 Å². The Hall–Kier alpha value is -2.45. The van der Waals surface area contributed by atoms with Crippen LogP contribution in [0, 0.1) is 0 Å². The summed E-state index contributed by atoms with van der Waals surface area (Å²) in [7, 11) is 3.24. The van der Waals surface area contributed by atoms with Gasteiger partial charge in [0.15, 0.2) is 0 Å². The summed E-state index contributed by atoms with van der Waals surface area (Å²) in [6.07, 6.45) is 7.18. The van der Waals surface area contributed by atoms with Crippen LogP contribution in [0.4, 0.5) is 0 Å². The number of aryl methyl sites for hydroxylation is 2. The number of amides is 3. The summed E-state index contributed by atoms with van der Waals surface area (Å²) in [5.41, 5.74) is 3.16. The molecule has 8 nitrogen and oxygen atoms in total. The number of hydrogen-bond donors (Lipinski definition) is 4. The summed E-state index contributed by atoms with van der Waals surface area (Å²) in [6, 6.07) is 7.77. The van der Waals surface area contributed by atoms with Crippen molar-refractivity contribution in [2.75, 3.05) is 27.2 Å². The van der Waals surface area contributed by atoms with Gasteiger partial charge in [-0.05, 0) is 69.7 Å². The number of carbonyl (C=O) groups is 3. The minimum absolute atomic E-state index is 0.119. The third kappa shape index (κ3) is 7.27. The Bertz CT molecular complexity index is 760. The summed E-state index contributed by atoms with van der Waals surface area (Å²) in [6.45, 7) is 4.80. The first-order valence-corrected chi connectivity index (χ1v) is 12.3. The minimum atomic E-state index is -0.575. The van der Waals surface area contributed by atoms with Crippen molar-refractivity contribution in [3.05, 3.63) is 35.4 Å². The zero-order chi connectivity index (χ0) is 24.2. The normalized spacial score (nSPS) is 23.5. The molecule has 184 valence electrons. The van der Waals surface area contributed by atoms with E-state index in [-0.39, 0.29) is 30.4 Å². The lowest BCUT2D eigenvalue weighted by molar-refractivity contribution is -0.142. The smallest absolute Gasteiger partial charge is 0.247 e. The van der Waals surface area contributed by atoms with Crippen LogP contribution in [0.2, 0.25) is 0 Å². The maximum Gasteiger partial charge on any atom is 0.247 e. The Morgan fingerprint density at radius 1 is 1.03 bits per heavy atom. The highest BCUT2D eigenvalue weighted by Crippen LogP contribution is 2.26. The first kappa shape index (κ1) is 26.8. The topological polar surface area (TPSA) is 103 Å². The van der Waals surface area contributed by atoms with E-state index in [1.807, 2.05) is 13.8 Å². The van der Waals surface area contributed by atoms with Gasteiger partial charge < -0.3 is 20.9 Å². The molecule has 2 fully saturated rings. The number of hydrogen-bond acceptors (Lipinski definition) is 5. The van der Waals surface area contributed by atoms with Gasteiger partial charge in [0.1, 0.15) is 12.1 Å². The van der Waals surface area contributed by atoms with E-state index >= 15 is 0 Å². The maximum absolute atomic E-state index is 12.7. The second kappa shape index (κ2) is 14.0. The molecule has 3 aliphatic rings. The lowest BCUT2D eigenvalue weighted by atomic mass is 9.92. The van der Waals surface area contributed by atoms with E-state index in [1.165, 1.54) is 25.7 Å². The van der Waals surface area contributed by atoms with Crippen molar-refractivity contribution in [1.29, 1.82) is 0 Å². The SMILES string of the molecule is CC.CNCC(=O)NC1CCNC2CCC(C(=O)NC)N2C1=O.c1ccc2c(c1)CCCC2. The number of rotatable bonds is 4. The fourth-order valence-corrected chi connectivity index (χ4v) is 4.66. The Balaban J connectivity index is 0.000000266. The van der Waals surface area contributed by atoms with Gasteiger partial charge in [0, 0.05) is 7.05 Å². The van der Waals surface area contributed by atoms with E-state index < -0.39 is 12.1 Å². The predicted octanol–water partition coefficient (Wildman–Crippen LogP) is 1.34. The molecule has 2 heterocycles. The van der Waals surface area contributed by atoms with Crippen molar-refractivity contribution in [2.24, 2.45) is 0 Å². The number of benzene rings is 1. The minimum Gasteiger partial charge on any atom is -0.357 e. The highest BCUT2D eigenvalue weighted by atomic mass is 16.2. The quantitative estimate of drug-likeness (QED) is 0.544. The number of carbonyl (C=O) groups excluding carboxylic acids is 3. The number of nitrogens with one attached hydrogen (secondary N) is 4. The van der Waals surface area contributed by atoms with Crippen LogP contribution in [0.25, 0.3) is 0 Å². The van der Waals surface area contributed by atoms with Gasteiger partial charge in [-0.2, -0.15) is 0 Å². The molecular weight excluding hydrogens is 418 g/mol. The second-order valence-corrected chi connectivity index (χ2v) is 8.34. The largest absolute Gasteiger partial charge is 0.357 e. The van der Waals surface area contributed by atoms with Crippen molar-refractivity contribution in [2.45, 2.75) is 77.0 Å². The Morgan fingerprint density at radius 3 is 2.24 bits per heavy atom. The highest BCUT2D eigenvalue weighted by Gasteiger charge is 2.44. The third-order valence-corrected chi connectivity index (χ3v) is 6.23. The first-order valence-electron chi connectivity index (χ1n) is 12.3. The Labute approximate surface area is 198 Å². The zero-order valence-electron chi connectivity index (χ0n) is 20.6. The van der Waals surface area contributed by atoms with Crippen LogP contribution in [0.5, 0.6) is 0 Å². The number of likely N-dealkylation sites (N-methyl/N-ethyl adjacent to an activating group) is 2. The molecule has 0 saturated carbocycles. The van der Waals surface area contributed by atoms with Gasteiger partial charge in [0.2, 0.25) is 17.7 Å². The summed E-state index contributed by atoms with van der Waals surface area (Å²) < 4.78 is 0. The molecule has 4 rings (SSSR count). The van der Waals surface area contributed by atoms with E-state index in [2.05, 4.69) is 45.5 Å². The van der Waals surface area contributed by atoms with E-state index in [1.54, 1.807) is 30.1 Å². The van der Waals surface area contributed by atoms with Gasteiger partial charge in [-0.1, -0.05) is 38.1 Å². The molecule has 0 spiro atoms. The molecule has 1 aliphatic carbocycles. The number of nitrogens with zero attached hydrogens (tertiary/aromatic N) is 1. The monoisotopic (exact) mass is 459 g/mol. The maximum atomic E-state index is 12.7. The molecule has 2 aliphatic heterocycles. The molecule has 3 unspecified atom stereocenters.